The zero-order valence-corrected chi connectivity index (χ0v) is 12.6. The molecule has 0 spiro atoms. The predicted molar refractivity (Wildman–Crippen MR) is 81.9 cm³/mol. The van der Waals surface area contributed by atoms with Gasteiger partial charge < -0.3 is 0 Å². The second-order valence-electron chi connectivity index (χ2n) is 4.85. The number of benzene rings is 2. The van der Waals surface area contributed by atoms with Crippen LogP contribution in [0.15, 0.2) is 51.8 Å². The third-order valence-corrected chi connectivity index (χ3v) is 4.55. The van der Waals surface area contributed by atoms with Gasteiger partial charge in [0.15, 0.2) is 0 Å². The molecule has 0 amide bonds. The van der Waals surface area contributed by atoms with Crippen molar-refractivity contribution in [3.63, 3.8) is 0 Å². The molecule has 0 saturated heterocycles. The first-order chi connectivity index (χ1) is 9.40. The van der Waals surface area contributed by atoms with Crippen LogP contribution in [0.3, 0.4) is 0 Å². The summed E-state index contributed by atoms with van der Waals surface area (Å²) < 4.78 is 28.5. The lowest BCUT2D eigenvalue weighted by molar-refractivity contribution is 0.597. The molecule has 0 aliphatic heterocycles. The Morgan fingerprint density at radius 2 is 1.50 bits per heavy atom. The molecule has 0 aromatic heterocycles. The highest BCUT2D eigenvalue weighted by Crippen LogP contribution is 2.23. The van der Waals surface area contributed by atoms with Gasteiger partial charge in [-0.2, -0.15) is 12.8 Å². The monoisotopic (exact) mass is 287 g/mol. The van der Waals surface area contributed by atoms with Crippen LogP contribution in [0.2, 0.25) is 0 Å². The zero-order chi connectivity index (χ0) is 14.8. The largest absolute Gasteiger partial charge is 0.282 e. The van der Waals surface area contributed by atoms with Crippen LogP contribution in [0.25, 0.3) is 0 Å². The van der Waals surface area contributed by atoms with Gasteiger partial charge in [0.25, 0.3) is 10.0 Å². The maximum Gasteiger partial charge on any atom is 0.282 e. The molecule has 0 N–H and O–H groups in total. The van der Waals surface area contributed by atoms with E-state index in [-0.39, 0.29) is 0 Å². The van der Waals surface area contributed by atoms with E-state index >= 15 is 0 Å². The Labute approximate surface area is 120 Å². The number of aryl methyl sites for hydroxylation is 3. The number of hydrogen-bond donors (Lipinski definition) is 0. The smallest absolute Gasteiger partial charge is 0.199 e. The number of nitrogens with zero attached hydrogens (tertiary/aromatic N) is 1. The standard InChI is InChI=1S/C16H17NO2S/c1-12-9-13(2)16(14(3)10-12)20(18,19)17-11-15-7-5-4-6-8-15/h4-11H,1-3H3/b17-11-. The van der Waals surface area contributed by atoms with Gasteiger partial charge in [0.2, 0.25) is 0 Å². The fourth-order valence-electron chi connectivity index (χ4n) is 2.30. The lowest BCUT2D eigenvalue weighted by atomic mass is 10.1. The van der Waals surface area contributed by atoms with Crippen LogP contribution in [0.5, 0.6) is 0 Å². The van der Waals surface area contributed by atoms with Crippen molar-refractivity contribution in [1.82, 2.24) is 0 Å². The van der Waals surface area contributed by atoms with Gasteiger partial charge in [-0.3, -0.25) is 0 Å². The van der Waals surface area contributed by atoms with Gasteiger partial charge >= 0.3 is 0 Å². The van der Waals surface area contributed by atoms with E-state index in [0.717, 1.165) is 22.3 Å². The summed E-state index contributed by atoms with van der Waals surface area (Å²) in [6.07, 6.45) is 1.38. The molecule has 4 heteroatoms. The molecule has 2 rings (SSSR count). The van der Waals surface area contributed by atoms with Crippen molar-refractivity contribution in [2.45, 2.75) is 25.7 Å². The van der Waals surface area contributed by atoms with Gasteiger partial charge in [0.1, 0.15) is 0 Å². The van der Waals surface area contributed by atoms with Crippen molar-refractivity contribution in [1.29, 1.82) is 0 Å². The Morgan fingerprint density at radius 1 is 0.950 bits per heavy atom. The fraction of sp³-hybridized carbons (Fsp3) is 0.188. The van der Waals surface area contributed by atoms with Gasteiger partial charge in [0, 0.05) is 6.21 Å². The van der Waals surface area contributed by atoms with Gasteiger partial charge in [-0.1, -0.05) is 48.0 Å². The molecular formula is C16H17NO2S. The van der Waals surface area contributed by atoms with Crippen molar-refractivity contribution in [2.24, 2.45) is 4.40 Å². The SMILES string of the molecule is Cc1cc(C)c(S(=O)(=O)/N=C\c2ccccc2)c(C)c1. The third-order valence-electron chi connectivity index (χ3n) is 3.00. The van der Waals surface area contributed by atoms with Crippen LogP contribution in [-0.2, 0) is 10.0 Å². The molecule has 0 aliphatic carbocycles. The average molecular weight is 287 g/mol. The maximum atomic E-state index is 12.4. The van der Waals surface area contributed by atoms with Gasteiger partial charge in [-0.25, -0.2) is 0 Å². The molecule has 2 aromatic rings. The Morgan fingerprint density at radius 3 is 2.05 bits per heavy atom. The van der Waals surface area contributed by atoms with Crippen LogP contribution < -0.4 is 0 Å². The molecule has 0 aliphatic rings. The zero-order valence-electron chi connectivity index (χ0n) is 11.8. The Balaban J connectivity index is 2.44. The molecule has 0 saturated carbocycles. The van der Waals surface area contributed by atoms with E-state index in [2.05, 4.69) is 4.40 Å². The Kier molecular flexibility index (Phi) is 4.04. The van der Waals surface area contributed by atoms with E-state index in [1.165, 1.54) is 6.21 Å². The van der Waals surface area contributed by atoms with Gasteiger partial charge in [-0.15, -0.1) is 0 Å². The summed E-state index contributed by atoms with van der Waals surface area (Å²) in [4.78, 5) is 0.301. The van der Waals surface area contributed by atoms with Crippen LogP contribution in [0, 0.1) is 20.8 Å². The van der Waals surface area contributed by atoms with Gasteiger partial charge in [0.05, 0.1) is 4.90 Å². The average Bonchev–Trinajstić information content (AvgIpc) is 2.36. The lowest BCUT2D eigenvalue weighted by Crippen LogP contribution is -2.04. The first-order valence-corrected chi connectivity index (χ1v) is 7.77. The first-order valence-electron chi connectivity index (χ1n) is 6.33. The van der Waals surface area contributed by atoms with E-state index in [1.54, 1.807) is 13.8 Å². The fourth-order valence-corrected chi connectivity index (χ4v) is 3.59. The van der Waals surface area contributed by atoms with Crippen molar-refractivity contribution >= 4 is 16.2 Å². The lowest BCUT2D eigenvalue weighted by Gasteiger charge is -2.08. The summed E-state index contributed by atoms with van der Waals surface area (Å²) in [5.41, 5.74) is 3.27. The molecule has 0 fully saturated rings. The summed E-state index contributed by atoms with van der Waals surface area (Å²) in [7, 11) is -3.67. The number of hydrogen-bond acceptors (Lipinski definition) is 2. The van der Waals surface area contributed by atoms with Crippen LogP contribution in [-0.4, -0.2) is 14.6 Å². The number of rotatable bonds is 3. The second-order valence-corrected chi connectivity index (χ2v) is 6.42. The van der Waals surface area contributed by atoms with E-state index in [1.807, 2.05) is 49.4 Å². The molecular weight excluding hydrogens is 270 g/mol. The Hall–Kier alpha value is -1.94. The van der Waals surface area contributed by atoms with Crippen LogP contribution in [0.1, 0.15) is 22.3 Å². The summed E-state index contributed by atoms with van der Waals surface area (Å²) in [6.45, 7) is 5.54. The summed E-state index contributed by atoms with van der Waals surface area (Å²) in [5.74, 6) is 0. The summed E-state index contributed by atoms with van der Waals surface area (Å²) in [5, 5.41) is 0. The van der Waals surface area contributed by atoms with Gasteiger partial charge in [-0.05, 0) is 37.5 Å². The molecule has 2 aromatic carbocycles. The summed E-state index contributed by atoms with van der Waals surface area (Å²) >= 11 is 0. The van der Waals surface area contributed by atoms with E-state index < -0.39 is 10.0 Å². The molecule has 0 unspecified atom stereocenters. The predicted octanol–water partition coefficient (Wildman–Crippen LogP) is 3.42. The van der Waals surface area contributed by atoms with E-state index in [0.29, 0.717) is 4.90 Å². The molecule has 0 heterocycles. The quantitative estimate of drug-likeness (QED) is 0.812. The normalized spacial score (nSPS) is 11.9. The van der Waals surface area contributed by atoms with E-state index in [9.17, 15) is 8.42 Å². The molecule has 0 bridgehead atoms. The van der Waals surface area contributed by atoms with Crippen LogP contribution >= 0.6 is 0 Å². The molecule has 104 valence electrons. The molecule has 0 radical (unpaired) electrons. The molecule has 0 atom stereocenters. The minimum atomic E-state index is -3.67. The molecule has 3 nitrogen and oxygen atoms in total. The second kappa shape index (κ2) is 5.59. The van der Waals surface area contributed by atoms with Crippen molar-refractivity contribution in [3.05, 3.63) is 64.7 Å². The highest BCUT2D eigenvalue weighted by Gasteiger charge is 2.18. The topological polar surface area (TPSA) is 46.5 Å². The minimum Gasteiger partial charge on any atom is -0.199 e. The summed E-state index contributed by atoms with van der Waals surface area (Å²) in [6, 6.07) is 12.9. The molecule has 20 heavy (non-hydrogen) atoms. The van der Waals surface area contributed by atoms with Crippen molar-refractivity contribution in [3.8, 4) is 0 Å². The maximum absolute atomic E-state index is 12.4. The Bertz CT molecular complexity index is 724. The first kappa shape index (κ1) is 14.5. The highest BCUT2D eigenvalue weighted by molar-refractivity contribution is 7.90. The van der Waals surface area contributed by atoms with Crippen molar-refractivity contribution in [2.75, 3.05) is 0 Å². The third kappa shape index (κ3) is 3.14. The van der Waals surface area contributed by atoms with E-state index in [4.69, 9.17) is 0 Å². The van der Waals surface area contributed by atoms with Crippen LogP contribution in [0.4, 0.5) is 0 Å². The highest BCUT2D eigenvalue weighted by atomic mass is 32.2. The number of sulfonamides is 1. The van der Waals surface area contributed by atoms with Crippen molar-refractivity contribution < 1.29 is 8.42 Å². The minimum absolute atomic E-state index is 0.301.